The van der Waals surface area contributed by atoms with Gasteiger partial charge in [-0.3, -0.25) is 9.59 Å². The summed E-state index contributed by atoms with van der Waals surface area (Å²) in [6.45, 7) is 2.20. The first-order chi connectivity index (χ1) is 13.8. The van der Waals surface area contributed by atoms with E-state index in [1.807, 2.05) is 30.3 Å². The van der Waals surface area contributed by atoms with Gasteiger partial charge in [-0.25, -0.2) is 13.6 Å². The molecule has 0 bridgehead atoms. The van der Waals surface area contributed by atoms with Crippen LogP contribution >= 0.6 is 0 Å². The van der Waals surface area contributed by atoms with E-state index in [4.69, 9.17) is 5.14 Å². The average molecular weight is 416 g/mol. The van der Waals surface area contributed by atoms with Gasteiger partial charge >= 0.3 is 0 Å². The van der Waals surface area contributed by atoms with Crippen LogP contribution in [0.3, 0.4) is 0 Å². The lowest BCUT2D eigenvalue weighted by molar-refractivity contribution is -0.116. The van der Waals surface area contributed by atoms with E-state index in [2.05, 4.69) is 10.2 Å². The quantitative estimate of drug-likeness (QED) is 0.674. The molecule has 29 heavy (non-hydrogen) atoms. The van der Waals surface area contributed by atoms with Crippen molar-refractivity contribution in [2.45, 2.75) is 24.2 Å². The largest absolute Gasteiger partial charge is 0.326 e. The van der Waals surface area contributed by atoms with Crippen LogP contribution in [0.4, 0.5) is 5.69 Å². The number of piperidine rings is 1. The minimum atomic E-state index is -3.74. The van der Waals surface area contributed by atoms with Gasteiger partial charge in [-0.15, -0.1) is 0 Å². The lowest BCUT2D eigenvalue weighted by atomic mass is 9.89. The number of nitrogens with one attached hydrogen (secondary N) is 1. The maximum Gasteiger partial charge on any atom is 0.238 e. The Hall–Kier alpha value is -2.55. The maximum absolute atomic E-state index is 12.5. The summed E-state index contributed by atoms with van der Waals surface area (Å²) in [7, 11) is -3.74. The van der Waals surface area contributed by atoms with Gasteiger partial charge in [0.2, 0.25) is 15.9 Å². The van der Waals surface area contributed by atoms with E-state index in [9.17, 15) is 18.0 Å². The van der Waals surface area contributed by atoms with E-state index < -0.39 is 10.0 Å². The molecule has 0 aromatic heterocycles. The fraction of sp³-hybridized carbons (Fsp3) is 0.333. The van der Waals surface area contributed by atoms with Gasteiger partial charge in [0.25, 0.3) is 0 Å². The van der Waals surface area contributed by atoms with Gasteiger partial charge in [0, 0.05) is 30.1 Å². The van der Waals surface area contributed by atoms with Crippen molar-refractivity contribution in [2.75, 3.05) is 25.0 Å². The van der Waals surface area contributed by atoms with Gasteiger partial charge in [-0.05, 0) is 50.2 Å². The molecule has 154 valence electrons. The smallest absolute Gasteiger partial charge is 0.238 e. The van der Waals surface area contributed by atoms with E-state index in [0.29, 0.717) is 18.7 Å². The summed E-state index contributed by atoms with van der Waals surface area (Å²) in [5.41, 5.74) is 1.29. The lowest BCUT2D eigenvalue weighted by Gasteiger charge is -2.31. The van der Waals surface area contributed by atoms with Crippen molar-refractivity contribution in [2.24, 2.45) is 11.1 Å². The van der Waals surface area contributed by atoms with E-state index in [-0.39, 0.29) is 22.5 Å². The Morgan fingerprint density at radius 3 is 2.21 bits per heavy atom. The predicted molar refractivity (Wildman–Crippen MR) is 111 cm³/mol. The molecule has 0 aliphatic carbocycles. The van der Waals surface area contributed by atoms with Crippen LogP contribution in [0.25, 0.3) is 0 Å². The Kier molecular flexibility index (Phi) is 6.79. The first-order valence-corrected chi connectivity index (χ1v) is 11.1. The average Bonchev–Trinajstić information content (AvgIpc) is 2.72. The second-order valence-corrected chi connectivity index (χ2v) is 8.78. The van der Waals surface area contributed by atoms with Crippen LogP contribution < -0.4 is 10.5 Å². The number of hydrogen-bond acceptors (Lipinski definition) is 5. The Morgan fingerprint density at radius 2 is 1.62 bits per heavy atom. The number of anilines is 1. The second-order valence-electron chi connectivity index (χ2n) is 7.21. The molecule has 2 aromatic rings. The molecule has 1 heterocycles. The molecule has 0 spiro atoms. The van der Waals surface area contributed by atoms with Crippen molar-refractivity contribution in [3.63, 3.8) is 0 Å². The van der Waals surface area contributed by atoms with E-state index in [0.717, 1.165) is 31.5 Å². The van der Waals surface area contributed by atoms with Gasteiger partial charge in [0.1, 0.15) is 0 Å². The molecule has 0 atom stereocenters. The number of sulfonamides is 1. The highest BCUT2D eigenvalue weighted by atomic mass is 32.2. The highest BCUT2D eigenvalue weighted by molar-refractivity contribution is 7.89. The number of nitrogens with zero attached hydrogens (tertiary/aromatic N) is 1. The number of amides is 1. The molecule has 1 amide bonds. The summed E-state index contributed by atoms with van der Waals surface area (Å²) in [6.07, 6.45) is 1.92. The Morgan fingerprint density at radius 1 is 1.00 bits per heavy atom. The topological polar surface area (TPSA) is 110 Å². The first-order valence-electron chi connectivity index (χ1n) is 9.57. The molecule has 3 N–H and O–H groups in total. The zero-order valence-corrected chi connectivity index (χ0v) is 16.9. The summed E-state index contributed by atoms with van der Waals surface area (Å²) in [6, 6.07) is 15.1. The monoisotopic (exact) mass is 415 g/mol. The van der Waals surface area contributed by atoms with Crippen LogP contribution in [0.5, 0.6) is 0 Å². The number of carbonyl (C=O) groups is 2. The number of likely N-dealkylation sites (tertiary alicyclic amines) is 1. The Balaban J connectivity index is 1.42. The number of nitrogens with two attached hydrogens (primary N) is 1. The number of primary sulfonamides is 1. The fourth-order valence-electron chi connectivity index (χ4n) is 3.47. The van der Waals surface area contributed by atoms with Gasteiger partial charge in [-0.1, -0.05) is 30.3 Å². The minimum Gasteiger partial charge on any atom is -0.326 e. The highest BCUT2D eigenvalue weighted by Gasteiger charge is 2.25. The summed E-state index contributed by atoms with van der Waals surface area (Å²) < 4.78 is 22.5. The summed E-state index contributed by atoms with van der Waals surface area (Å²) in [5.74, 6) is 0.0987. The molecular weight excluding hydrogens is 390 g/mol. The van der Waals surface area contributed by atoms with Crippen LogP contribution in [0, 0.1) is 5.92 Å². The summed E-state index contributed by atoms with van der Waals surface area (Å²) in [4.78, 5) is 26.9. The molecule has 1 saturated heterocycles. The summed E-state index contributed by atoms with van der Waals surface area (Å²) in [5, 5.41) is 7.81. The third-order valence-corrected chi connectivity index (χ3v) is 6.07. The molecule has 1 aliphatic heterocycles. The molecule has 3 rings (SSSR count). The molecule has 2 aromatic carbocycles. The molecule has 0 saturated carbocycles. The summed E-state index contributed by atoms with van der Waals surface area (Å²) >= 11 is 0. The van der Waals surface area contributed by atoms with Crippen molar-refractivity contribution in [1.82, 2.24) is 4.90 Å². The van der Waals surface area contributed by atoms with Crippen LogP contribution in [-0.4, -0.2) is 44.6 Å². The third kappa shape index (κ3) is 5.96. The second kappa shape index (κ2) is 9.30. The van der Waals surface area contributed by atoms with Crippen molar-refractivity contribution < 1.29 is 18.0 Å². The molecule has 0 radical (unpaired) electrons. The van der Waals surface area contributed by atoms with Crippen LogP contribution in [0.15, 0.2) is 59.5 Å². The zero-order valence-electron chi connectivity index (χ0n) is 16.1. The van der Waals surface area contributed by atoms with Crippen molar-refractivity contribution in [1.29, 1.82) is 0 Å². The molecule has 1 aliphatic rings. The third-order valence-electron chi connectivity index (χ3n) is 5.14. The lowest BCUT2D eigenvalue weighted by Crippen LogP contribution is -2.38. The van der Waals surface area contributed by atoms with Gasteiger partial charge in [0.15, 0.2) is 5.78 Å². The number of ketones is 1. The highest BCUT2D eigenvalue weighted by Crippen LogP contribution is 2.22. The van der Waals surface area contributed by atoms with Gasteiger partial charge in [0.05, 0.1) is 4.90 Å². The Labute approximate surface area is 171 Å². The minimum absolute atomic E-state index is 0.00317. The van der Waals surface area contributed by atoms with E-state index in [1.54, 1.807) is 0 Å². The van der Waals surface area contributed by atoms with E-state index in [1.165, 1.54) is 24.3 Å². The molecule has 8 heteroatoms. The van der Waals surface area contributed by atoms with Crippen LogP contribution in [0.2, 0.25) is 0 Å². The predicted octanol–water partition coefficient (Wildman–Crippen LogP) is 2.26. The molecule has 0 unspecified atom stereocenters. The van der Waals surface area contributed by atoms with E-state index >= 15 is 0 Å². The first kappa shape index (κ1) is 21.2. The fourth-order valence-corrected chi connectivity index (χ4v) is 3.98. The SMILES string of the molecule is NS(=O)(=O)c1ccc(NC(=O)CCN2CCC(C(=O)c3ccccc3)CC2)cc1. The number of hydrogen-bond donors (Lipinski definition) is 2. The normalized spacial score (nSPS) is 15.8. The molecule has 7 nitrogen and oxygen atoms in total. The Bertz CT molecular complexity index is 951. The standard InChI is InChI=1S/C21H25N3O4S/c22-29(27,28)19-8-6-18(7-9-19)23-20(25)12-15-24-13-10-17(11-14-24)21(26)16-4-2-1-3-5-16/h1-9,17H,10-15H2,(H,23,25)(H2,22,27,28). The van der Waals surface area contributed by atoms with Crippen LogP contribution in [-0.2, 0) is 14.8 Å². The number of Topliss-reactive ketones (excluding diaryl/α,β-unsaturated/α-hetero) is 1. The molecular formula is C21H25N3O4S. The number of benzene rings is 2. The van der Waals surface area contributed by atoms with Gasteiger partial charge in [-0.2, -0.15) is 0 Å². The number of rotatable bonds is 7. The number of carbonyl (C=O) groups excluding carboxylic acids is 2. The van der Waals surface area contributed by atoms with Gasteiger partial charge < -0.3 is 10.2 Å². The van der Waals surface area contributed by atoms with Crippen LogP contribution in [0.1, 0.15) is 29.6 Å². The maximum atomic E-state index is 12.5. The van der Waals surface area contributed by atoms with Crippen molar-refractivity contribution >= 4 is 27.4 Å². The van der Waals surface area contributed by atoms with Crippen molar-refractivity contribution in [3.8, 4) is 0 Å². The van der Waals surface area contributed by atoms with Crippen molar-refractivity contribution in [3.05, 3.63) is 60.2 Å². The molecule has 1 fully saturated rings. The zero-order chi connectivity index (χ0) is 20.9.